The van der Waals surface area contributed by atoms with E-state index in [-0.39, 0.29) is 0 Å². The van der Waals surface area contributed by atoms with Crippen LogP contribution in [0.25, 0.3) is 87.9 Å². The van der Waals surface area contributed by atoms with E-state index < -0.39 is 0 Å². The molecular weight excluding hydrogens is 504 g/mol. The molecule has 10 aromatic rings. The average molecular weight is 525 g/mol. The molecule has 10 rings (SSSR count). The number of benzene rings is 5. The van der Waals surface area contributed by atoms with Crippen LogP contribution in [0.5, 0.6) is 0 Å². The summed E-state index contributed by atoms with van der Waals surface area (Å²) in [4.78, 5) is 10.1. The van der Waals surface area contributed by atoms with Crippen LogP contribution in [0.15, 0.2) is 126 Å². The van der Waals surface area contributed by atoms with Crippen molar-refractivity contribution in [2.24, 2.45) is 0 Å². The van der Waals surface area contributed by atoms with Gasteiger partial charge in [-0.1, -0.05) is 48.5 Å². The molecule has 5 heteroatoms. The number of aromatic nitrogens is 4. The van der Waals surface area contributed by atoms with Crippen molar-refractivity contribution < 1.29 is 4.42 Å². The summed E-state index contributed by atoms with van der Waals surface area (Å²) in [5.74, 6) is 0. The molecule has 0 bridgehead atoms. The van der Waals surface area contributed by atoms with Crippen molar-refractivity contribution in [2.45, 2.75) is 0 Å². The molecule has 5 heterocycles. The van der Waals surface area contributed by atoms with Crippen molar-refractivity contribution in [1.29, 1.82) is 0 Å². The Morgan fingerprint density at radius 3 is 2.34 bits per heavy atom. The third-order valence-corrected chi connectivity index (χ3v) is 8.51. The molecule has 0 aliphatic rings. The highest BCUT2D eigenvalue weighted by Crippen LogP contribution is 2.43. The average Bonchev–Trinajstić information content (AvgIpc) is 3.70. The van der Waals surface area contributed by atoms with E-state index in [0.29, 0.717) is 0 Å². The lowest BCUT2D eigenvalue weighted by Crippen LogP contribution is -1.95. The quantitative estimate of drug-likeness (QED) is 0.201. The Bertz CT molecular complexity index is 2690. The molecule has 41 heavy (non-hydrogen) atoms. The molecule has 0 fully saturated rings. The Kier molecular flexibility index (Phi) is 3.87. The largest absolute Gasteiger partial charge is 0.455 e. The fraction of sp³-hybridized carbons (Fsp3) is 0. The van der Waals surface area contributed by atoms with E-state index in [0.717, 1.165) is 87.9 Å². The van der Waals surface area contributed by atoms with Gasteiger partial charge in [-0.15, -0.1) is 0 Å². The van der Waals surface area contributed by atoms with Crippen molar-refractivity contribution in [3.63, 3.8) is 0 Å². The molecule has 190 valence electrons. The molecule has 0 saturated carbocycles. The molecule has 0 saturated heterocycles. The van der Waals surface area contributed by atoms with Crippen LogP contribution >= 0.6 is 0 Å². The zero-order valence-electron chi connectivity index (χ0n) is 21.7. The Morgan fingerprint density at radius 2 is 1.39 bits per heavy atom. The summed E-state index contributed by atoms with van der Waals surface area (Å²) in [6, 6.07) is 40.3. The van der Waals surface area contributed by atoms with Crippen LogP contribution in [0, 0.1) is 0 Å². The first-order valence-electron chi connectivity index (χ1n) is 13.8. The van der Waals surface area contributed by atoms with Crippen LogP contribution in [0.4, 0.5) is 0 Å². The minimum Gasteiger partial charge on any atom is -0.455 e. The number of hydrogen-bond acceptors (Lipinski definition) is 3. The van der Waals surface area contributed by atoms with Crippen molar-refractivity contribution in [2.75, 3.05) is 0 Å². The van der Waals surface area contributed by atoms with Gasteiger partial charge in [0.05, 0.1) is 38.5 Å². The van der Waals surface area contributed by atoms with Gasteiger partial charge in [0, 0.05) is 38.8 Å². The second-order valence-corrected chi connectivity index (χ2v) is 10.7. The summed E-state index contributed by atoms with van der Waals surface area (Å²) in [5, 5.41) is 6.64. The SMILES string of the molecule is c1ccc(-n2c3cc4c(cc3c3c5oc6ccccc6c5ccc32)c2ncccc2n2c3ccccc3nc42)cc1. The summed E-state index contributed by atoms with van der Waals surface area (Å²) in [6.07, 6.45) is 1.88. The Balaban J connectivity index is 1.50. The first-order valence-corrected chi connectivity index (χ1v) is 13.8. The minimum atomic E-state index is 0.898. The van der Waals surface area contributed by atoms with Crippen LogP contribution < -0.4 is 0 Å². The van der Waals surface area contributed by atoms with Crippen molar-refractivity contribution in [3.8, 4) is 5.69 Å². The fourth-order valence-corrected chi connectivity index (χ4v) is 6.80. The highest BCUT2D eigenvalue weighted by atomic mass is 16.3. The number of furan rings is 1. The van der Waals surface area contributed by atoms with Crippen LogP contribution in [-0.4, -0.2) is 18.9 Å². The number of hydrogen-bond donors (Lipinski definition) is 0. The molecule has 0 radical (unpaired) electrons. The molecular formula is C36H20N4O. The summed E-state index contributed by atoms with van der Waals surface area (Å²) in [7, 11) is 0. The third-order valence-electron chi connectivity index (χ3n) is 8.51. The number of imidazole rings is 1. The minimum absolute atomic E-state index is 0.898. The van der Waals surface area contributed by atoms with Crippen LogP contribution in [0.2, 0.25) is 0 Å². The topological polar surface area (TPSA) is 48.3 Å². The van der Waals surface area contributed by atoms with Gasteiger partial charge in [0.1, 0.15) is 16.8 Å². The molecule has 0 amide bonds. The van der Waals surface area contributed by atoms with Crippen LogP contribution in [0.3, 0.4) is 0 Å². The molecule has 0 unspecified atom stereocenters. The van der Waals surface area contributed by atoms with Gasteiger partial charge >= 0.3 is 0 Å². The summed E-state index contributed by atoms with van der Waals surface area (Å²) in [5.41, 5.74) is 10.1. The fourth-order valence-electron chi connectivity index (χ4n) is 6.80. The molecule has 5 aromatic heterocycles. The maximum absolute atomic E-state index is 6.59. The second kappa shape index (κ2) is 7.49. The third kappa shape index (κ3) is 2.65. The lowest BCUT2D eigenvalue weighted by atomic mass is 10.0. The van der Waals surface area contributed by atoms with E-state index in [4.69, 9.17) is 14.4 Å². The normalized spacial score (nSPS) is 12.4. The summed E-state index contributed by atoms with van der Waals surface area (Å²) in [6.45, 7) is 0. The van der Waals surface area contributed by atoms with E-state index in [2.05, 4.69) is 100.0 Å². The van der Waals surface area contributed by atoms with Gasteiger partial charge in [-0.25, -0.2) is 4.98 Å². The van der Waals surface area contributed by atoms with Gasteiger partial charge in [-0.2, -0.15) is 0 Å². The molecule has 0 aliphatic carbocycles. The Morgan fingerprint density at radius 1 is 0.561 bits per heavy atom. The Hall–Kier alpha value is -5.68. The van der Waals surface area contributed by atoms with Crippen LogP contribution in [0.1, 0.15) is 0 Å². The predicted molar refractivity (Wildman–Crippen MR) is 167 cm³/mol. The first kappa shape index (κ1) is 21.2. The van der Waals surface area contributed by atoms with E-state index in [1.54, 1.807) is 0 Å². The standard InChI is InChI=1S/C36H20N4O/c1-2-9-21(10-3-1)39-29-17-16-23-22-11-4-7-15-32(22)41-35(23)33(29)26-19-24-25(20-31(26)39)36-38-27-12-5-6-13-28(27)40(36)30-14-8-18-37-34(24)30/h1-20H. The van der Waals surface area contributed by atoms with E-state index in [9.17, 15) is 0 Å². The lowest BCUT2D eigenvalue weighted by Gasteiger charge is -2.10. The molecule has 5 aromatic carbocycles. The first-order chi connectivity index (χ1) is 20.3. The monoisotopic (exact) mass is 524 g/mol. The highest BCUT2D eigenvalue weighted by Gasteiger charge is 2.22. The van der Waals surface area contributed by atoms with E-state index >= 15 is 0 Å². The van der Waals surface area contributed by atoms with Gasteiger partial charge in [-0.3, -0.25) is 9.38 Å². The van der Waals surface area contributed by atoms with Crippen molar-refractivity contribution in [3.05, 3.63) is 121 Å². The zero-order valence-corrected chi connectivity index (χ0v) is 21.7. The van der Waals surface area contributed by atoms with Crippen LogP contribution in [-0.2, 0) is 0 Å². The maximum atomic E-state index is 6.59. The lowest BCUT2D eigenvalue weighted by molar-refractivity contribution is 0.673. The molecule has 0 atom stereocenters. The summed E-state index contributed by atoms with van der Waals surface area (Å²) < 4.78 is 11.2. The van der Waals surface area contributed by atoms with Crippen molar-refractivity contribution in [1.82, 2.24) is 18.9 Å². The van der Waals surface area contributed by atoms with Gasteiger partial charge in [0.25, 0.3) is 0 Å². The number of pyridine rings is 2. The van der Waals surface area contributed by atoms with Gasteiger partial charge in [0.15, 0.2) is 0 Å². The van der Waals surface area contributed by atoms with E-state index in [1.165, 1.54) is 0 Å². The molecule has 0 spiro atoms. The van der Waals surface area contributed by atoms with Gasteiger partial charge in [0.2, 0.25) is 0 Å². The number of fused-ring (bicyclic) bond motifs is 15. The second-order valence-electron chi connectivity index (χ2n) is 10.7. The zero-order chi connectivity index (χ0) is 26.7. The number of nitrogens with zero attached hydrogens (tertiary/aromatic N) is 4. The van der Waals surface area contributed by atoms with Gasteiger partial charge < -0.3 is 8.98 Å². The smallest absolute Gasteiger partial charge is 0.146 e. The van der Waals surface area contributed by atoms with Gasteiger partial charge in [-0.05, 0) is 66.7 Å². The predicted octanol–water partition coefficient (Wildman–Crippen LogP) is 9.19. The number of para-hydroxylation sites is 4. The summed E-state index contributed by atoms with van der Waals surface area (Å²) >= 11 is 0. The molecule has 0 N–H and O–H groups in total. The number of rotatable bonds is 1. The Labute approximate surface area is 232 Å². The molecule has 5 nitrogen and oxygen atoms in total. The highest BCUT2D eigenvalue weighted by molar-refractivity contribution is 6.27. The molecule has 0 aliphatic heterocycles. The van der Waals surface area contributed by atoms with Crippen molar-refractivity contribution >= 4 is 82.2 Å². The maximum Gasteiger partial charge on any atom is 0.146 e. The van der Waals surface area contributed by atoms with E-state index in [1.807, 2.05) is 30.5 Å².